The van der Waals surface area contributed by atoms with Gasteiger partial charge in [0.1, 0.15) is 0 Å². The molecule has 3 heterocycles. The molecule has 0 unspecified atom stereocenters. The maximum absolute atomic E-state index is 10.8. The van der Waals surface area contributed by atoms with Gasteiger partial charge in [0.15, 0.2) is 10.8 Å². The Labute approximate surface area is 129 Å². The zero-order valence-corrected chi connectivity index (χ0v) is 12.9. The molecule has 0 saturated carbocycles. The fourth-order valence-electron chi connectivity index (χ4n) is 2.09. The summed E-state index contributed by atoms with van der Waals surface area (Å²) in [6.45, 7) is 0.746. The van der Waals surface area contributed by atoms with Crippen molar-refractivity contribution in [2.45, 2.75) is 6.54 Å². The summed E-state index contributed by atoms with van der Waals surface area (Å²) in [5, 5.41) is 12.8. The van der Waals surface area contributed by atoms with E-state index in [2.05, 4.69) is 11.1 Å². The molecule has 0 fully saturated rings. The fraction of sp³-hybridized carbons (Fsp3) is 0.143. The van der Waals surface area contributed by atoms with Gasteiger partial charge in [0.25, 0.3) is 0 Å². The van der Waals surface area contributed by atoms with E-state index in [1.807, 2.05) is 39.4 Å². The Morgan fingerprint density at radius 2 is 2.33 bits per heavy atom. The van der Waals surface area contributed by atoms with Crippen LogP contribution >= 0.6 is 22.7 Å². The average Bonchev–Trinajstić information content (AvgIpc) is 3.12. The molecule has 0 aliphatic heterocycles. The van der Waals surface area contributed by atoms with E-state index in [0.717, 1.165) is 29.1 Å². The fourth-order valence-corrected chi connectivity index (χ4v) is 3.56. The minimum Gasteiger partial charge on any atom is -0.478 e. The van der Waals surface area contributed by atoms with Crippen LogP contribution in [0, 0.1) is 0 Å². The first kappa shape index (κ1) is 13.8. The number of rotatable bonds is 5. The van der Waals surface area contributed by atoms with E-state index < -0.39 is 5.97 Å². The molecular weight excluding hydrogens is 306 g/mol. The van der Waals surface area contributed by atoms with Gasteiger partial charge in [-0.3, -0.25) is 4.40 Å². The van der Waals surface area contributed by atoms with E-state index in [0.29, 0.717) is 0 Å². The highest BCUT2D eigenvalue weighted by molar-refractivity contribution is 7.15. The Bertz CT molecular complexity index is 786. The first-order chi connectivity index (χ1) is 10.1. The van der Waals surface area contributed by atoms with E-state index in [1.165, 1.54) is 16.2 Å². The second-order valence-corrected chi connectivity index (χ2v) is 6.39. The van der Waals surface area contributed by atoms with Gasteiger partial charge >= 0.3 is 5.97 Å². The molecule has 0 bridgehead atoms. The number of hydrogen-bond donors (Lipinski definition) is 1. The van der Waals surface area contributed by atoms with Gasteiger partial charge in [0, 0.05) is 29.6 Å². The molecule has 1 N–H and O–H groups in total. The smallest absolute Gasteiger partial charge is 0.328 e. The lowest BCUT2D eigenvalue weighted by atomic mass is 10.3. The van der Waals surface area contributed by atoms with Crippen LogP contribution in [-0.4, -0.2) is 27.5 Å². The van der Waals surface area contributed by atoms with Crippen LogP contribution in [0.25, 0.3) is 11.0 Å². The number of imidazole rings is 1. The Morgan fingerprint density at radius 1 is 1.48 bits per heavy atom. The zero-order valence-electron chi connectivity index (χ0n) is 11.3. The van der Waals surface area contributed by atoms with Crippen LogP contribution < -0.4 is 4.90 Å². The molecule has 21 heavy (non-hydrogen) atoms. The quantitative estimate of drug-likeness (QED) is 0.734. The summed E-state index contributed by atoms with van der Waals surface area (Å²) in [6, 6.07) is 4.09. The third-order valence-electron chi connectivity index (χ3n) is 3.00. The predicted molar refractivity (Wildman–Crippen MR) is 86.2 cm³/mol. The zero-order chi connectivity index (χ0) is 14.8. The van der Waals surface area contributed by atoms with Crippen LogP contribution in [0.4, 0.5) is 5.82 Å². The molecule has 108 valence electrons. The number of thiazole rings is 1. The van der Waals surface area contributed by atoms with Gasteiger partial charge in [-0.1, -0.05) is 6.07 Å². The first-order valence-electron chi connectivity index (χ1n) is 6.25. The molecule has 0 aliphatic rings. The molecular formula is C14H13N3O2S2. The van der Waals surface area contributed by atoms with Crippen molar-refractivity contribution in [3.8, 4) is 0 Å². The van der Waals surface area contributed by atoms with Crippen LogP contribution in [0.1, 0.15) is 10.6 Å². The molecule has 5 nitrogen and oxygen atoms in total. The van der Waals surface area contributed by atoms with Gasteiger partial charge < -0.3 is 10.0 Å². The van der Waals surface area contributed by atoms with Gasteiger partial charge in [-0.25, -0.2) is 9.78 Å². The molecule has 7 heteroatoms. The summed E-state index contributed by atoms with van der Waals surface area (Å²) < 4.78 is 1.91. The van der Waals surface area contributed by atoms with Crippen LogP contribution in [0.15, 0.2) is 35.2 Å². The average molecular weight is 319 g/mol. The minimum atomic E-state index is -0.966. The van der Waals surface area contributed by atoms with Gasteiger partial charge in [-0.05, 0) is 17.5 Å². The van der Waals surface area contributed by atoms with Crippen molar-refractivity contribution < 1.29 is 9.90 Å². The van der Waals surface area contributed by atoms with Crippen LogP contribution in [-0.2, 0) is 11.3 Å². The number of thiophene rings is 1. The highest BCUT2D eigenvalue weighted by Gasteiger charge is 2.15. The van der Waals surface area contributed by atoms with Crippen LogP contribution in [0.3, 0.4) is 0 Å². The third-order valence-corrected chi connectivity index (χ3v) is 4.62. The van der Waals surface area contributed by atoms with Crippen molar-refractivity contribution >= 4 is 45.5 Å². The molecule has 0 aliphatic carbocycles. The number of carboxylic acid groups (broad SMARTS) is 1. The van der Waals surface area contributed by atoms with E-state index in [9.17, 15) is 4.79 Å². The summed E-state index contributed by atoms with van der Waals surface area (Å²) in [6.07, 6.45) is 4.63. The second kappa shape index (κ2) is 5.71. The third kappa shape index (κ3) is 2.84. The van der Waals surface area contributed by atoms with E-state index in [1.54, 1.807) is 17.4 Å². The maximum Gasteiger partial charge on any atom is 0.328 e. The number of aliphatic carboxylic acids is 1. The number of carboxylic acids is 1. The minimum absolute atomic E-state index is 0.746. The number of nitrogens with zero attached hydrogens (tertiary/aromatic N) is 3. The Balaban J connectivity index is 1.98. The normalized spacial score (nSPS) is 11.5. The van der Waals surface area contributed by atoms with Crippen molar-refractivity contribution in [2.75, 3.05) is 11.9 Å². The van der Waals surface area contributed by atoms with Gasteiger partial charge in [0.05, 0.1) is 12.2 Å². The Hall–Kier alpha value is -2.12. The molecule has 0 spiro atoms. The summed E-state index contributed by atoms with van der Waals surface area (Å²) in [7, 11) is 1.96. The molecule has 3 aromatic heterocycles. The number of hydrogen-bond acceptors (Lipinski definition) is 5. The van der Waals surface area contributed by atoms with Crippen molar-refractivity contribution in [1.82, 2.24) is 9.38 Å². The topological polar surface area (TPSA) is 57.8 Å². The van der Waals surface area contributed by atoms with Crippen molar-refractivity contribution in [1.29, 1.82) is 0 Å². The van der Waals surface area contributed by atoms with Crippen molar-refractivity contribution in [2.24, 2.45) is 0 Å². The monoisotopic (exact) mass is 319 g/mol. The lowest BCUT2D eigenvalue weighted by Crippen LogP contribution is -2.17. The maximum atomic E-state index is 10.8. The number of carbonyl (C=O) groups is 1. The molecule has 3 rings (SSSR count). The molecule has 0 saturated heterocycles. The van der Waals surface area contributed by atoms with E-state index in [-0.39, 0.29) is 0 Å². The highest BCUT2D eigenvalue weighted by atomic mass is 32.1. The lowest BCUT2D eigenvalue weighted by molar-refractivity contribution is -0.131. The SMILES string of the molecule is CN(Cc1cccs1)c1nc2sccn2c1/C=C/C(=O)O. The van der Waals surface area contributed by atoms with E-state index in [4.69, 9.17) is 5.11 Å². The van der Waals surface area contributed by atoms with Crippen molar-refractivity contribution in [3.63, 3.8) is 0 Å². The first-order valence-corrected chi connectivity index (χ1v) is 8.01. The number of fused-ring (bicyclic) bond motifs is 1. The molecule has 3 aromatic rings. The lowest BCUT2D eigenvalue weighted by Gasteiger charge is -2.16. The van der Waals surface area contributed by atoms with Gasteiger partial charge in [0.2, 0.25) is 0 Å². The van der Waals surface area contributed by atoms with E-state index >= 15 is 0 Å². The van der Waals surface area contributed by atoms with Gasteiger partial charge in [-0.2, -0.15) is 0 Å². The standard InChI is InChI=1S/C14H13N3O2S2/c1-16(9-10-3-2-7-20-10)13-11(4-5-12(18)19)17-6-8-21-14(17)15-13/h2-8H,9H2,1H3,(H,18,19)/b5-4+. The summed E-state index contributed by atoms with van der Waals surface area (Å²) >= 11 is 3.22. The number of aromatic nitrogens is 2. The van der Waals surface area contributed by atoms with Crippen LogP contribution in [0.2, 0.25) is 0 Å². The Kier molecular flexibility index (Phi) is 3.76. The number of anilines is 1. The highest BCUT2D eigenvalue weighted by Crippen LogP contribution is 2.26. The molecule has 0 atom stereocenters. The predicted octanol–water partition coefficient (Wildman–Crippen LogP) is 3.19. The summed E-state index contributed by atoms with van der Waals surface area (Å²) in [4.78, 5) is 19.5. The summed E-state index contributed by atoms with van der Waals surface area (Å²) in [5.41, 5.74) is 0.785. The van der Waals surface area contributed by atoms with Crippen molar-refractivity contribution in [3.05, 3.63) is 45.7 Å². The molecule has 0 amide bonds. The Morgan fingerprint density at radius 3 is 3.05 bits per heavy atom. The largest absolute Gasteiger partial charge is 0.478 e. The second-order valence-electron chi connectivity index (χ2n) is 4.48. The summed E-state index contributed by atoms with van der Waals surface area (Å²) in [5.74, 6) is -0.181. The molecule has 0 radical (unpaired) electrons. The van der Waals surface area contributed by atoms with Gasteiger partial charge in [-0.15, -0.1) is 22.7 Å². The molecule has 0 aromatic carbocycles. The van der Waals surface area contributed by atoms with Crippen LogP contribution in [0.5, 0.6) is 0 Å².